The van der Waals surface area contributed by atoms with Gasteiger partial charge < -0.3 is 14.8 Å². The van der Waals surface area contributed by atoms with E-state index in [1.54, 1.807) is 0 Å². The fraction of sp³-hybridized carbons (Fsp3) is 0.929. The number of hydrogen-bond donors (Lipinski definition) is 1. The van der Waals surface area contributed by atoms with Gasteiger partial charge in [0.05, 0.1) is 6.61 Å². The van der Waals surface area contributed by atoms with E-state index in [9.17, 15) is 4.79 Å². The zero-order valence-electron chi connectivity index (χ0n) is 12.4. The summed E-state index contributed by atoms with van der Waals surface area (Å²) in [6, 6.07) is 0. The van der Waals surface area contributed by atoms with Crippen molar-refractivity contribution in [3.05, 3.63) is 0 Å². The highest BCUT2D eigenvalue weighted by Gasteiger charge is 2.33. The third-order valence-corrected chi connectivity index (χ3v) is 2.81. The van der Waals surface area contributed by atoms with Crippen molar-refractivity contribution in [3.63, 3.8) is 0 Å². The lowest BCUT2D eigenvalue weighted by Crippen LogP contribution is -2.50. The minimum absolute atomic E-state index is 0.158. The van der Waals surface area contributed by atoms with E-state index in [0.29, 0.717) is 13.2 Å². The highest BCUT2D eigenvalue weighted by Crippen LogP contribution is 2.15. The number of esters is 1. The van der Waals surface area contributed by atoms with Crippen molar-refractivity contribution < 1.29 is 14.3 Å². The largest absolute Gasteiger partial charge is 0.465 e. The van der Waals surface area contributed by atoms with Crippen LogP contribution in [0, 0.1) is 0 Å². The molecule has 0 spiro atoms. The Morgan fingerprint density at radius 1 is 1.17 bits per heavy atom. The summed E-state index contributed by atoms with van der Waals surface area (Å²) >= 11 is 0. The fourth-order valence-electron chi connectivity index (χ4n) is 1.73. The van der Waals surface area contributed by atoms with Gasteiger partial charge in [-0.25, -0.2) is 0 Å². The Bertz CT molecular complexity index is 221. The Kier molecular flexibility index (Phi) is 9.98. The summed E-state index contributed by atoms with van der Waals surface area (Å²) in [5.41, 5.74) is -0.582. The van der Waals surface area contributed by atoms with Crippen LogP contribution in [0.25, 0.3) is 0 Å². The molecule has 0 fully saturated rings. The molecule has 0 aliphatic rings. The molecule has 0 rings (SSSR count). The maximum atomic E-state index is 12.0. The number of carbonyl (C=O) groups is 1. The number of carbonyl (C=O) groups excluding carboxylic acids is 1. The molecule has 0 bridgehead atoms. The lowest BCUT2D eigenvalue weighted by molar-refractivity contribution is -0.151. The molecule has 0 radical (unpaired) electrons. The Morgan fingerprint density at radius 3 is 2.44 bits per heavy atom. The summed E-state index contributed by atoms with van der Waals surface area (Å²) in [6.45, 7) is 10.7. The second kappa shape index (κ2) is 10.3. The van der Waals surface area contributed by atoms with Crippen molar-refractivity contribution in [1.82, 2.24) is 5.32 Å². The van der Waals surface area contributed by atoms with Gasteiger partial charge in [-0.05, 0) is 46.1 Å². The zero-order valence-corrected chi connectivity index (χ0v) is 12.4. The lowest BCUT2D eigenvalue weighted by Gasteiger charge is -2.28. The molecular formula is C14H29NO3. The zero-order chi connectivity index (χ0) is 13.9. The van der Waals surface area contributed by atoms with E-state index in [2.05, 4.69) is 19.2 Å². The van der Waals surface area contributed by atoms with Crippen LogP contribution in [0.15, 0.2) is 0 Å². The Hall–Kier alpha value is -0.610. The molecule has 1 unspecified atom stereocenters. The van der Waals surface area contributed by atoms with Crippen molar-refractivity contribution in [2.24, 2.45) is 0 Å². The summed E-state index contributed by atoms with van der Waals surface area (Å²) in [5.74, 6) is -0.158. The molecule has 0 amide bonds. The summed E-state index contributed by atoms with van der Waals surface area (Å²) in [7, 11) is 0. The molecule has 0 aliphatic heterocycles. The summed E-state index contributed by atoms with van der Waals surface area (Å²) in [5, 5.41) is 3.29. The maximum absolute atomic E-state index is 12.0. The molecule has 18 heavy (non-hydrogen) atoms. The molecule has 0 saturated carbocycles. The monoisotopic (exact) mass is 259 g/mol. The lowest BCUT2D eigenvalue weighted by atomic mass is 9.95. The third kappa shape index (κ3) is 6.97. The number of hydrogen-bond acceptors (Lipinski definition) is 4. The van der Waals surface area contributed by atoms with Crippen molar-refractivity contribution in [1.29, 1.82) is 0 Å². The van der Waals surface area contributed by atoms with E-state index in [1.165, 1.54) is 0 Å². The van der Waals surface area contributed by atoms with Gasteiger partial charge in [0.25, 0.3) is 0 Å². The molecule has 0 aromatic heterocycles. The molecule has 4 nitrogen and oxygen atoms in total. The van der Waals surface area contributed by atoms with Crippen molar-refractivity contribution in [2.75, 3.05) is 26.4 Å². The van der Waals surface area contributed by atoms with E-state index in [-0.39, 0.29) is 5.97 Å². The molecular weight excluding hydrogens is 230 g/mol. The van der Waals surface area contributed by atoms with Crippen LogP contribution >= 0.6 is 0 Å². The quantitative estimate of drug-likeness (QED) is 0.457. The van der Waals surface area contributed by atoms with E-state index in [4.69, 9.17) is 9.47 Å². The highest BCUT2D eigenvalue weighted by atomic mass is 16.5. The number of rotatable bonds is 11. The third-order valence-electron chi connectivity index (χ3n) is 2.81. The van der Waals surface area contributed by atoms with Gasteiger partial charge in [-0.3, -0.25) is 4.79 Å². The van der Waals surface area contributed by atoms with Crippen LogP contribution in [-0.2, 0) is 14.3 Å². The van der Waals surface area contributed by atoms with Crippen molar-refractivity contribution in [3.8, 4) is 0 Å². The van der Waals surface area contributed by atoms with E-state index < -0.39 is 5.54 Å². The molecule has 0 heterocycles. The predicted molar refractivity (Wildman–Crippen MR) is 73.7 cm³/mol. The van der Waals surface area contributed by atoms with Crippen LogP contribution < -0.4 is 5.32 Å². The minimum Gasteiger partial charge on any atom is -0.465 e. The van der Waals surface area contributed by atoms with E-state index >= 15 is 0 Å². The Labute approximate surface area is 111 Å². The fourth-order valence-corrected chi connectivity index (χ4v) is 1.73. The van der Waals surface area contributed by atoms with Gasteiger partial charge >= 0.3 is 5.97 Å². The first-order chi connectivity index (χ1) is 8.60. The average molecular weight is 259 g/mol. The summed E-state index contributed by atoms with van der Waals surface area (Å²) in [4.78, 5) is 12.0. The standard InChI is InChI=1S/C14H29NO3/c1-5-10-15-14(4,13(16)18-7-3)9-8-12-17-11-6-2/h15H,5-12H2,1-4H3. The molecule has 1 N–H and O–H groups in total. The van der Waals surface area contributed by atoms with Crippen LogP contribution in [0.3, 0.4) is 0 Å². The summed E-state index contributed by atoms with van der Waals surface area (Å²) in [6.07, 6.45) is 3.64. The average Bonchev–Trinajstić information content (AvgIpc) is 2.36. The van der Waals surface area contributed by atoms with Crippen molar-refractivity contribution >= 4 is 5.97 Å². The van der Waals surface area contributed by atoms with Gasteiger partial charge in [-0.15, -0.1) is 0 Å². The van der Waals surface area contributed by atoms with Crippen LogP contribution in [0.4, 0.5) is 0 Å². The summed E-state index contributed by atoms with van der Waals surface area (Å²) < 4.78 is 10.6. The van der Waals surface area contributed by atoms with Gasteiger partial charge in [0.2, 0.25) is 0 Å². The van der Waals surface area contributed by atoms with Gasteiger partial charge in [0.1, 0.15) is 5.54 Å². The first-order valence-corrected chi connectivity index (χ1v) is 7.10. The van der Waals surface area contributed by atoms with Gasteiger partial charge in [0.15, 0.2) is 0 Å². The van der Waals surface area contributed by atoms with Crippen LogP contribution in [0.5, 0.6) is 0 Å². The van der Waals surface area contributed by atoms with Gasteiger partial charge in [-0.2, -0.15) is 0 Å². The number of nitrogens with one attached hydrogen (secondary N) is 1. The molecule has 0 aromatic rings. The Balaban J connectivity index is 4.15. The Morgan fingerprint density at radius 2 is 1.89 bits per heavy atom. The normalized spacial score (nSPS) is 14.2. The van der Waals surface area contributed by atoms with Gasteiger partial charge in [-0.1, -0.05) is 13.8 Å². The molecule has 0 aromatic carbocycles. The van der Waals surface area contributed by atoms with Crippen LogP contribution in [0.2, 0.25) is 0 Å². The van der Waals surface area contributed by atoms with Crippen LogP contribution in [0.1, 0.15) is 53.4 Å². The predicted octanol–water partition coefficient (Wildman–Crippen LogP) is 2.51. The minimum atomic E-state index is -0.582. The number of ether oxygens (including phenoxy) is 2. The second-order valence-electron chi connectivity index (χ2n) is 4.70. The first-order valence-electron chi connectivity index (χ1n) is 7.10. The van der Waals surface area contributed by atoms with E-state index in [0.717, 1.165) is 38.8 Å². The smallest absolute Gasteiger partial charge is 0.326 e. The molecule has 0 aliphatic carbocycles. The SMILES string of the molecule is CCCNC(C)(CCCOCCC)C(=O)OCC. The highest BCUT2D eigenvalue weighted by molar-refractivity contribution is 5.80. The maximum Gasteiger partial charge on any atom is 0.326 e. The molecule has 1 atom stereocenters. The second-order valence-corrected chi connectivity index (χ2v) is 4.70. The first kappa shape index (κ1) is 17.4. The molecule has 108 valence electrons. The van der Waals surface area contributed by atoms with Crippen molar-refractivity contribution in [2.45, 2.75) is 58.9 Å². The van der Waals surface area contributed by atoms with Crippen LogP contribution in [-0.4, -0.2) is 37.9 Å². The van der Waals surface area contributed by atoms with E-state index in [1.807, 2.05) is 13.8 Å². The molecule has 0 saturated heterocycles. The van der Waals surface area contributed by atoms with Gasteiger partial charge in [0, 0.05) is 13.2 Å². The molecule has 4 heteroatoms. The topological polar surface area (TPSA) is 47.6 Å².